The molecule has 3 rings (SSSR count). The maximum Gasteiger partial charge on any atom is 0.337 e. The molecule has 3 aromatic rings. The number of benzene rings is 3. The second-order valence-electron chi connectivity index (χ2n) is 6.38. The van der Waals surface area contributed by atoms with Gasteiger partial charge in [-0.3, -0.25) is 9.59 Å². The number of nitrogens with one attached hydrogen (secondary N) is 2. The fourth-order valence-corrected chi connectivity index (χ4v) is 2.73. The van der Waals surface area contributed by atoms with Crippen LogP contribution in [-0.2, 0) is 4.74 Å². The Labute approximate surface area is 168 Å². The van der Waals surface area contributed by atoms with Crippen molar-refractivity contribution in [3.8, 4) is 0 Å². The maximum atomic E-state index is 12.6. The van der Waals surface area contributed by atoms with Crippen molar-refractivity contribution in [1.29, 1.82) is 0 Å². The number of anilines is 2. The summed E-state index contributed by atoms with van der Waals surface area (Å²) >= 11 is 0. The van der Waals surface area contributed by atoms with Crippen molar-refractivity contribution in [3.63, 3.8) is 0 Å². The van der Waals surface area contributed by atoms with Crippen LogP contribution in [0.25, 0.3) is 0 Å². The molecule has 29 heavy (non-hydrogen) atoms. The molecule has 0 heterocycles. The van der Waals surface area contributed by atoms with Gasteiger partial charge in [0.15, 0.2) is 0 Å². The summed E-state index contributed by atoms with van der Waals surface area (Å²) in [5.41, 5.74) is 3.11. The molecule has 0 unspecified atom stereocenters. The molecule has 0 aliphatic carbocycles. The zero-order valence-electron chi connectivity index (χ0n) is 16.1. The van der Waals surface area contributed by atoms with Gasteiger partial charge in [0.05, 0.1) is 12.7 Å². The molecule has 3 aromatic carbocycles. The molecule has 0 fully saturated rings. The van der Waals surface area contributed by atoms with Gasteiger partial charge in [0, 0.05) is 22.5 Å². The van der Waals surface area contributed by atoms with Crippen LogP contribution in [0.2, 0.25) is 0 Å². The molecule has 0 aliphatic heterocycles. The van der Waals surface area contributed by atoms with Gasteiger partial charge in [0.2, 0.25) is 0 Å². The molecule has 2 N–H and O–H groups in total. The van der Waals surface area contributed by atoms with E-state index >= 15 is 0 Å². The molecule has 0 radical (unpaired) electrons. The molecule has 6 heteroatoms. The second-order valence-corrected chi connectivity index (χ2v) is 6.38. The van der Waals surface area contributed by atoms with Crippen molar-refractivity contribution < 1.29 is 19.1 Å². The second kappa shape index (κ2) is 8.84. The number of ether oxygens (including phenoxy) is 1. The van der Waals surface area contributed by atoms with Crippen LogP contribution in [0.15, 0.2) is 72.8 Å². The van der Waals surface area contributed by atoms with E-state index in [2.05, 4.69) is 15.4 Å². The molecular weight excluding hydrogens is 368 g/mol. The number of amides is 2. The number of hydrogen-bond acceptors (Lipinski definition) is 4. The van der Waals surface area contributed by atoms with Crippen molar-refractivity contribution in [2.45, 2.75) is 6.92 Å². The Morgan fingerprint density at radius 1 is 0.724 bits per heavy atom. The van der Waals surface area contributed by atoms with Crippen LogP contribution >= 0.6 is 0 Å². The van der Waals surface area contributed by atoms with Crippen molar-refractivity contribution in [1.82, 2.24) is 0 Å². The van der Waals surface area contributed by atoms with Gasteiger partial charge in [0.1, 0.15) is 0 Å². The van der Waals surface area contributed by atoms with E-state index in [1.165, 1.54) is 13.2 Å². The molecule has 0 atom stereocenters. The Morgan fingerprint density at radius 3 is 2.10 bits per heavy atom. The van der Waals surface area contributed by atoms with Crippen molar-refractivity contribution in [3.05, 3.63) is 95.1 Å². The SMILES string of the molecule is COC(=O)c1cccc(C(=O)Nc2cc(NC(=O)c3ccccc3)ccc2C)c1. The summed E-state index contributed by atoms with van der Waals surface area (Å²) in [5, 5.41) is 5.64. The normalized spacial score (nSPS) is 10.1. The van der Waals surface area contributed by atoms with E-state index in [1.807, 2.05) is 13.0 Å². The van der Waals surface area contributed by atoms with Crippen molar-refractivity contribution in [2.75, 3.05) is 17.7 Å². The van der Waals surface area contributed by atoms with Crippen LogP contribution in [0.5, 0.6) is 0 Å². The summed E-state index contributed by atoms with van der Waals surface area (Å²) in [7, 11) is 1.29. The summed E-state index contributed by atoms with van der Waals surface area (Å²) < 4.78 is 4.69. The molecule has 0 saturated carbocycles. The van der Waals surface area contributed by atoms with E-state index in [0.717, 1.165) is 5.56 Å². The zero-order valence-corrected chi connectivity index (χ0v) is 16.1. The van der Waals surface area contributed by atoms with E-state index in [4.69, 9.17) is 0 Å². The minimum atomic E-state index is -0.513. The Kier molecular flexibility index (Phi) is 6.04. The van der Waals surface area contributed by atoms with Gasteiger partial charge in [0.25, 0.3) is 11.8 Å². The van der Waals surface area contributed by atoms with E-state index in [9.17, 15) is 14.4 Å². The Morgan fingerprint density at radius 2 is 1.38 bits per heavy atom. The number of carbonyl (C=O) groups excluding carboxylic acids is 3. The van der Waals surface area contributed by atoms with E-state index < -0.39 is 5.97 Å². The number of esters is 1. The predicted octanol–water partition coefficient (Wildman–Crippen LogP) is 4.29. The van der Waals surface area contributed by atoms with Crippen LogP contribution in [0.3, 0.4) is 0 Å². The molecule has 0 spiro atoms. The van der Waals surface area contributed by atoms with Crippen LogP contribution in [-0.4, -0.2) is 24.9 Å². The number of methoxy groups -OCH3 is 1. The van der Waals surface area contributed by atoms with Gasteiger partial charge in [-0.1, -0.05) is 30.3 Å². The highest BCUT2D eigenvalue weighted by atomic mass is 16.5. The van der Waals surface area contributed by atoms with Crippen molar-refractivity contribution >= 4 is 29.2 Å². The third kappa shape index (κ3) is 4.87. The van der Waals surface area contributed by atoms with E-state index in [1.54, 1.807) is 60.7 Å². The number of hydrogen-bond donors (Lipinski definition) is 2. The van der Waals surface area contributed by atoms with E-state index in [-0.39, 0.29) is 11.8 Å². The van der Waals surface area contributed by atoms with Gasteiger partial charge in [-0.05, 0) is 55.0 Å². The first kappa shape index (κ1) is 19.8. The third-order valence-corrected chi connectivity index (χ3v) is 4.33. The van der Waals surface area contributed by atoms with Crippen molar-refractivity contribution in [2.24, 2.45) is 0 Å². The summed E-state index contributed by atoms with van der Waals surface area (Å²) in [6.07, 6.45) is 0. The largest absolute Gasteiger partial charge is 0.465 e. The lowest BCUT2D eigenvalue weighted by Gasteiger charge is -2.12. The number of aryl methyl sites for hydroxylation is 1. The fraction of sp³-hybridized carbons (Fsp3) is 0.0870. The topological polar surface area (TPSA) is 84.5 Å². The first-order valence-electron chi connectivity index (χ1n) is 8.94. The average molecular weight is 388 g/mol. The zero-order chi connectivity index (χ0) is 20.8. The first-order chi connectivity index (χ1) is 14.0. The Bertz CT molecular complexity index is 1060. The van der Waals surface area contributed by atoms with Gasteiger partial charge < -0.3 is 15.4 Å². The van der Waals surface area contributed by atoms with Gasteiger partial charge in [-0.25, -0.2) is 4.79 Å². The van der Waals surface area contributed by atoms with Gasteiger partial charge >= 0.3 is 5.97 Å². The highest BCUT2D eigenvalue weighted by Crippen LogP contribution is 2.22. The third-order valence-electron chi connectivity index (χ3n) is 4.33. The monoisotopic (exact) mass is 388 g/mol. The minimum absolute atomic E-state index is 0.238. The maximum absolute atomic E-state index is 12.6. The number of carbonyl (C=O) groups is 3. The van der Waals surface area contributed by atoms with Crippen LogP contribution in [0.4, 0.5) is 11.4 Å². The van der Waals surface area contributed by atoms with Crippen LogP contribution < -0.4 is 10.6 Å². The lowest BCUT2D eigenvalue weighted by Crippen LogP contribution is -2.15. The predicted molar refractivity (Wildman–Crippen MR) is 111 cm³/mol. The molecule has 0 aliphatic rings. The standard InChI is InChI=1S/C23H20N2O4/c1-15-11-12-19(24-21(26)16-7-4-3-5-8-16)14-20(15)25-22(27)17-9-6-10-18(13-17)23(28)29-2/h3-14H,1-2H3,(H,24,26)(H,25,27). The molecule has 0 bridgehead atoms. The van der Waals surface area contributed by atoms with Gasteiger partial charge in [-0.15, -0.1) is 0 Å². The Hall–Kier alpha value is -3.93. The smallest absolute Gasteiger partial charge is 0.337 e. The molecule has 6 nitrogen and oxygen atoms in total. The molecule has 2 amide bonds. The first-order valence-corrected chi connectivity index (χ1v) is 8.94. The number of rotatable bonds is 5. The quantitative estimate of drug-likeness (QED) is 0.639. The lowest BCUT2D eigenvalue weighted by molar-refractivity contribution is 0.0600. The minimum Gasteiger partial charge on any atom is -0.465 e. The lowest BCUT2D eigenvalue weighted by atomic mass is 10.1. The highest BCUT2D eigenvalue weighted by Gasteiger charge is 2.13. The Balaban J connectivity index is 1.77. The van der Waals surface area contributed by atoms with E-state index in [0.29, 0.717) is 28.1 Å². The summed E-state index contributed by atoms with van der Waals surface area (Å²) in [5.74, 6) is -1.12. The molecule has 0 aromatic heterocycles. The molecular formula is C23H20N2O4. The molecule has 146 valence electrons. The highest BCUT2D eigenvalue weighted by molar-refractivity contribution is 6.07. The fourth-order valence-electron chi connectivity index (χ4n) is 2.73. The van der Waals surface area contributed by atoms with Crippen LogP contribution in [0.1, 0.15) is 36.6 Å². The summed E-state index contributed by atoms with van der Waals surface area (Å²) in [4.78, 5) is 36.6. The van der Waals surface area contributed by atoms with Crippen LogP contribution in [0, 0.1) is 6.92 Å². The average Bonchev–Trinajstić information content (AvgIpc) is 2.76. The molecule has 0 saturated heterocycles. The van der Waals surface area contributed by atoms with Gasteiger partial charge in [-0.2, -0.15) is 0 Å². The summed E-state index contributed by atoms with van der Waals surface area (Å²) in [6.45, 7) is 1.85. The summed E-state index contributed by atoms with van der Waals surface area (Å²) in [6, 6.07) is 20.4.